The molecule has 25 heavy (non-hydrogen) atoms. The Kier molecular flexibility index (Phi) is 5.03. The molecule has 3 amide bonds. The van der Waals surface area contributed by atoms with Crippen LogP contribution >= 0.6 is 11.3 Å². The Hall–Kier alpha value is -2.42. The van der Waals surface area contributed by atoms with Gasteiger partial charge in [-0.1, -0.05) is 24.3 Å². The van der Waals surface area contributed by atoms with Gasteiger partial charge in [-0.3, -0.25) is 15.0 Å². The van der Waals surface area contributed by atoms with Crippen molar-refractivity contribution in [2.24, 2.45) is 11.5 Å². The SMILES string of the molecule is NC(=O)Nc1sc(-c2ccc(CN3CCC(O)C3)cc2)cc1C(N)=O. The summed E-state index contributed by atoms with van der Waals surface area (Å²) in [6.45, 7) is 2.40. The zero-order chi connectivity index (χ0) is 18.0. The highest BCUT2D eigenvalue weighted by Crippen LogP contribution is 2.35. The summed E-state index contributed by atoms with van der Waals surface area (Å²) in [5, 5.41) is 12.4. The van der Waals surface area contributed by atoms with E-state index in [1.54, 1.807) is 6.07 Å². The molecular formula is C17H20N4O3S. The van der Waals surface area contributed by atoms with E-state index in [0.717, 1.165) is 35.5 Å². The molecule has 3 rings (SSSR count). The lowest BCUT2D eigenvalue weighted by Crippen LogP contribution is -2.21. The molecule has 0 spiro atoms. The number of hydrogen-bond donors (Lipinski definition) is 4. The van der Waals surface area contributed by atoms with Crippen LogP contribution < -0.4 is 16.8 Å². The van der Waals surface area contributed by atoms with Crippen molar-refractivity contribution >= 4 is 28.3 Å². The first-order valence-electron chi connectivity index (χ1n) is 7.92. The minimum absolute atomic E-state index is 0.228. The largest absolute Gasteiger partial charge is 0.392 e. The Balaban J connectivity index is 1.77. The zero-order valence-electron chi connectivity index (χ0n) is 13.6. The van der Waals surface area contributed by atoms with Crippen LogP contribution in [0.3, 0.4) is 0 Å². The summed E-state index contributed by atoms with van der Waals surface area (Å²) >= 11 is 1.25. The van der Waals surface area contributed by atoms with E-state index in [9.17, 15) is 14.7 Å². The summed E-state index contributed by atoms with van der Waals surface area (Å²) in [7, 11) is 0. The molecule has 1 aromatic carbocycles. The maximum absolute atomic E-state index is 11.5. The molecule has 1 aromatic heterocycles. The Morgan fingerprint density at radius 1 is 1.28 bits per heavy atom. The molecule has 6 N–H and O–H groups in total. The van der Waals surface area contributed by atoms with Crippen LogP contribution in [0.15, 0.2) is 30.3 Å². The fourth-order valence-corrected chi connectivity index (χ4v) is 3.98. The molecule has 132 valence electrons. The average Bonchev–Trinajstić information content (AvgIpc) is 3.14. The first kappa shape index (κ1) is 17.4. The van der Waals surface area contributed by atoms with Crippen LogP contribution in [0.2, 0.25) is 0 Å². The number of primary amides is 2. The molecule has 2 aromatic rings. The van der Waals surface area contributed by atoms with Gasteiger partial charge in [0.1, 0.15) is 5.00 Å². The predicted octanol–water partition coefficient (Wildman–Crippen LogP) is 1.57. The third kappa shape index (κ3) is 4.16. The van der Waals surface area contributed by atoms with Gasteiger partial charge < -0.3 is 16.6 Å². The molecule has 7 nitrogen and oxygen atoms in total. The second kappa shape index (κ2) is 7.22. The van der Waals surface area contributed by atoms with Crippen molar-refractivity contribution in [2.45, 2.75) is 19.1 Å². The van der Waals surface area contributed by atoms with Gasteiger partial charge in [-0.2, -0.15) is 0 Å². The molecule has 0 bridgehead atoms. The lowest BCUT2D eigenvalue weighted by Gasteiger charge is -2.14. The van der Waals surface area contributed by atoms with Crippen LogP contribution in [-0.2, 0) is 6.54 Å². The van der Waals surface area contributed by atoms with E-state index >= 15 is 0 Å². The first-order chi connectivity index (χ1) is 11.9. The summed E-state index contributed by atoms with van der Waals surface area (Å²) in [4.78, 5) is 25.6. The van der Waals surface area contributed by atoms with Crippen molar-refractivity contribution in [3.8, 4) is 10.4 Å². The second-order valence-electron chi connectivity index (χ2n) is 6.08. The number of nitrogens with two attached hydrogens (primary N) is 2. The molecule has 1 fully saturated rings. The van der Waals surface area contributed by atoms with Crippen LogP contribution in [0, 0.1) is 0 Å². The topological polar surface area (TPSA) is 122 Å². The zero-order valence-corrected chi connectivity index (χ0v) is 14.4. The summed E-state index contributed by atoms with van der Waals surface area (Å²) in [5.41, 5.74) is 12.8. The van der Waals surface area contributed by atoms with Crippen LogP contribution in [0.1, 0.15) is 22.3 Å². The number of aliphatic hydroxyl groups is 1. The lowest BCUT2D eigenvalue weighted by atomic mass is 10.1. The summed E-state index contributed by atoms with van der Waals surface area (Å²) in [6, 6.07) is 8.89. The second-order valence-corrected chi connectivity index (χ2v) is 7.13. The minimum atomic E-state index is -0.737. The molecule has 0 radical (unpaired) electrons. The number of nitrogens with one attached hydrogen (secondary N) is 1. The smallest absolute Gasteiger partial charge is 0.317 e. The van der Waals surface area contributed by atoms with Crippen molar-refractivity contribution in [1.82, 2.24) is 4.90 Å². The fraction of sp³-hybridized carbons (Fsp3) is 0.294. The molecule has 1 aliphatic rings. The molecule has 1 aliphatic heterocycles. The molecular weight excluding hydrogens is 340 g/mol. The minimum Gasteiger partial charge on any atom is -0.392 e. The number of anilines is 1. The quantitative estimate of drug-likeness (QED) is 0.646. The Morgan fingerprint density at radius 2 is 2.00 bits per heavy atom. The van der Waals surface area contributed by atoms with Gasteiger partial charge in [0.25, 0.3) is 5.91 Å². The molecule has 1 unspecified atom stereocenters. The number of amides is 3. The van der Waals surface area contributed by atoms with Crippen molar-refractivity contribution in [3.05, 3.63) is 41.5 Å². The molecule has 1 saturated heterocycles. The third-order valence-electron chi connectivity index (χ3n) is 4.13. The van der Waals surface area contributed by atoms with Crippen molar-refractivity contribution in [2.75, 3.05) is 18.4 Å². The third-order valence-corrected chi connectivity index (χ3v) is 5.23. The number of carbonyl (C=O) groups excluding carboxylic acids is 2. The van der Waals surface area contributed by atoms with Gasteiger partial charge in [0.15, 0.2) is 0 Å². The number of nitrogens with zero attached hydrogens (tertiary/aromatic N) is 1. The van der Waals surface area contributed by atoms with Gasteiger partial charge in [0.2, 0.25) is 0 Å². The normalized spacial score (nSPS) is 17.6. The Morgan fingerprint density at radius 3 is 2.56 bits per heavy atom. The molecule has 0 saturated carbocycles. The van der Waals surface area contributed by atoms with E-state index in [4.69, 9.17) is 11.5 Å². The number of hydrogen-bond acceptors (Lipinski definition) is 5. The lowest BCUT2D eigenvalue weighted by molar-refractivity contribution is 0.100. The van der Waals surface area contributed by atoms with Gasteiger partial charge in [0, 0.05) is 24.5 Å². The molecule has 8 heteroatoms. The number of likely N-dealkylation sites (tertiary alicyclic amines) is 1. The first-order valence-corrected chi connectivity index (χ1v) is 8.74. The Bertz CT molecular complexity index is 788. The summed E-state index contributed by atoms with van der Waals surface area (Å²) < 4.78 is 0. The van der Waals surface area contributed by atoms with Crippen molar-refractivity contribution < 1.29 is 14.7 Å². The van der Waals surface area contributed by atoms with E-state index in [1.165, 1.54) is 11.3 Å². The van der Waals surface area contributed by atoms with E-state index in [-0.39, 0.29) is 11.7 Å². The maximum Gasteiger partial charge on any atom is 0.317 e. The highest BCUT2D eigenvalue weighted by atomic mass is 32.1. The maximum atomic E-state index is 11.5. The van der Waals surface area contributed by atoms with Crippen molar-refractivity contribution in [1.29, 1.82) is 0 Å². The number of carbonyl (C=O) groups is 2. The molecule has 2 heterocycles. The van der Waals surface area contributed by atoms with Crippen molar-refractivity contribution in [3.63, 3.8) is 0 Å². The number of β-amino-alcohol motifs (C(OH)–C–C–N with tert-alkyl or cyclic N) is 1. The monoisotopic (exact) mass is 360 g/mol. The fourth-order valence-electron chi connectivity index (χ4n) is 2.91. The average molecular weight is 360 g/mol. The van der Waals surface area contributed by atoms with Crippen LogP contribution in [-0.4, -0.2) is 41.1 Å². The summed E-state index contributed by atoms with van der Waals surface area (Å²) in [6.07, 6.45) is 0.590. The van der Waals surface area contributed by atoms with E-state index in [1.807, 2.05) is 24.3 Å². The van der Waals surface area contributed by atoms with Crippen LogP contribution in [0.5, 0.6) is 0 Å². The number of thiophene rings is 1. The number of urea groups is 1. The number of benzene rings is 1. The van der Waals surface area contributed by atoms with Gasteiger partial charge in [-0.15, -0.1) is 11.3 Å². The number of aliphatic hydroxyl groups excluding tert-OH is 1. The highest BCUT2D eigenvalue weighted by Gasteiger charge is 2.20. The highest BCUT2D eigenvalue weighted by molar-refractivity contribution is 7.20. The molecule has 0 aliphatic carbocycles. The van der Waals surface area contributed by atoms with E-state index < -0.39 is 11.9 Å². The Labute approximate surface area is 149 Å². The van der Waals surface area contributed by atoms with E-state index in [2.05, 4.69) is 10.2 Å². The van der Waals surface area contributed by atoms with Crippen LogP contribution in [0.4, 0.5) is 9.80 Å². The van der Waals surface area contributed by atoms with Crippen LogP contribution in [0.25, 0.3) is 10.4 Å². The van der Waals surface area contributed by atoms with E-state index in [0.29, 0.717) is 11.5 Å². The van der Waals surface area contributed by atoms with Gasteiger partial charge in [-0.05, 0) is 23.6 Å². The van der Waals surface area contributed by atoms with Gasteiger partial charge >= 0.3 is 6.03 Å². The standard InChI is InChI=1S/C17H20N4O3S/c18-15(23)13-7-14(25-16(13)20-17(19)24)11-3-1-10(2-4-11)8-21-6-5-12(22)9-21/h1-4,7,12,22H,5-6,8-9H2,(H2,18,23)(H3,19,20,24). The molecule has 1 atom stereocenters. The summed E-state index contributed by atoms with van der Waals surface area (Å²) in [5.74, 6) is -0.615. The number of rotatable bonds is 5. The van der Waals surface area contributed by atoms with Gasteiger partial charge in [-0.25, -0.2) is 4.79 Å². The predicted molar refractivity (Wildman–Crippen MR) is 97.4 cm³/mol. The van der Waals surface area contributed by atoms with Gasteiger partial charge in [0.05, 0.1) is 11.7 Å².